The van der Waals surface area contributed by atoms with Gasteiger partial charge in [0, 0.05) is 0 Å². The molecule has 0 saturated heterocycles. The zero-order valence-electron chi connectivity index (χ0n) is 15.9. The Balaban J connectivity index is 3.15. The Morgan fingerprint density at radius 3 is 2.22 bits per heavy atom. The summed E-state index contributed by atoms with van der Waals surface area (Å²) in [4.78, 5) is 46.9. The maximum absolute atomic E-state index is 12.6. The van der Waals surface area contributed by atoms with Crippen LogP contribution in [0.4, 0.5) is 0 Å². The highest BCUT2D eigenvalue weighted by atomic mass is 16.5. The molecule has 0 heterocycles. The average molecular weight is 384 g/mol. The van der Waals surface area contributed by atoms with Crippen molar-refractivity contribution < 1.29 is 39.2 Å². The fourth-order valence-electron chi connectivity index (χ4n) is 3.66. The lowest BCUT2D eigenvalue weighted by molar-refractivity contribution is -0.161. The van der Waals surface area contributed by atoms with Crippen LogP contribution in [0.5, 0.6) is 0 Å². The number of carbonyl (C=O) groups excluding carboxylic acids is 1. The quantitative estimate of drug-likeness (QED) is 0.386. The monoisotopic (exact) mass is 384 g/mol. The number of carboxylic acid groups (broad SMARTS) is 3. The summed E-state index contributed by atoms with van der Waals surface area (Å²) >= 11 is 0. The minimum absolute atomic E-state index is 0.124. The molecule has 5 atom stereocenters. The summed E-state index contributed by atoms with van der Waals surface area (Å²) in [7, 11) is 0. The summed E-state index contributed by atoms with van der Waals surface area (Å²) < 4.78 is 5.47. The van der Waals surface area contributed by atoms with Gasteiger partial charge in [-0.15, -0.1) is 0 Å². The topological polar surface area (TPSA) is 138 Å². The van der Waals surface area contributed by atoms with E-state index in [-0.39, 0.29) is 12.5 Å². The van der Waals surface area contributed by atoms with Crippen LogP contribution >= 0.6 is 0 Å². The fourth-order valence-corrected chi connectivity index (χ4v) is 3.66. The summed E-state index contributed by atoms with van der Waals surface area (Å²) in [6, 6.07) is 0. The van der Waals surface area contributed by atoms with Crippen LogP contribution in [-0.2, 0) is 23.9 Å². The van der Waals surface area contributed by atoms with E-state index >= 15 is 0 Å². The second kappa shape index (κ2) is 10.1. The predicted octanol–water partition coefficient (Wildman–Crippen LogP) is 2.57. The van der Waals surface area contributed by atoms with E-state index in [1.165, 1.54) is 13.0 Å². The highest BCUT2D eigenvalue weighted by Crippen LogP contribution is 2.39. The van der Waals surface area contributed by atoms with Crippen molar-refractivity contribution in [2.75, 3.05) is 0 Å². The predicted molar refractivity (Wildman–Crippen MR) is 94.9 cm³/mol. The highest BCUT2D eigenvalue weighted by Gasteiger charge is 2.44. The minimum atomic E-state index is -1.28. The molecular formula is C19H28O8. The molecule has 1 aliphatic carbocycles. The zero-order valence-corrected chi connectivity index (χ0v) is 15.9. The van der Waals surface area contributed by atoms with Gasteiger partial charge in [-0.2, -0.15) is 0 Å². The molecule has 0 aromatic carbocycles. The molecule has 8 nitrogen and oxygen atoms in total. The van der Waals surface area contributed by atoms with Gasteiger partial charge < -0.3 is 20.1 Å². The van der Waals surface area contributed by atoms with E-state index in [4.69, 9.17) is 4.74 Å². The molecule has 0 fully saturated rings. The molecule has 0 aromatic heterocycles. The summed E-state index contributed by atoms with van der Waals surface area (Å²) in [6.07, 6.45) is 2.63. The molecule has 1 aliphatic rings. The first kappa shape index (κ1) is 22.7. The maximum atomic E-state index is 12.6. The second-order valence-corrected chi connectivity index (χ2v) is 7.03. The molecule has 1 rings (SSSR count). The number of carboxylic acids is 3. The Kier molecular flexibility index (Phi) is 8.46. The van der Waals surface area contributed by atoms with Crippen molar-refractivity contribution in [2.45, 2.75) is 59.0 Å². The van der Waals surface area contributed by atoms with E-state index in [1.807, 2.05) is 13.8 Å². The minimum Gasteiger partial charge on any atom is -0.481 e. The van der Waals surface area contributed by atoms with Gasteiger partial charge in [-0.25, -0.2) is 0 Å². The largest absolute Gasteiger partial charge is 0.481 e. The molecule has 0 aromatic rings. The van der Waals surface area contributed by atoms with E-state index in [9.17, 15) is 34.5 Å². The van der Waals surface area contributed by atoms with Crippen molar-refractivity contribution in [2.24, 2.45) is 23.7 Å². The van der Waals surface area contributed by atoms with E-state index in [0.717, 1.165) is 6.42 Å². The lowest BCUT2D eigenvalue weighted by atomic mass is 9.70. The van der Waals surface area contributed by atoms with Crippen LogP contribution in [0, 0.1) is 23.7 Å². The number of aliphatic carboxylic acids is 3. The lowest BCUT2D eigenvalue weighted by Gasteiger charge is -2.33. The fraction of sp³-hybridized carbons (Fsp3) is 0.684. The molecule has 0 saturated carbocycles. The Labute approximate surface area is 158 Å². The first-order valence-electron chi connectivity index (χ1n) is 9.18. The van der Waals surface area contributed by atoms with E-state index in [1.54, 1.807) is 0 Å². The van der Waals surface area contributed by atoms with Crippen molar-refractivity contribution in [3.63, 3.8) is 0 Å². The number of carbonyl (C=O) groups is 4. The first-order chi connectivity index (χ1) is 12.6. The number of hydrogen-bond donors (Lipinski definition) is 3. The van der Waals surface area contributed by atoms with Gasteiger partial charge in [-0.3, -0.25) is 19.2 Å². The smallest absolute Gasteiger partial charge is 0.311 e. The van der Waals surface area contributed by atoms with Gasteiger partial charge in [0.1, 0.15) is 6.10 Å². The van der Waals surface area contributed by atoms with Crippen LogP contribution in [0.15, 0.2) is 11.6 Å². The standard InChI is InChI=1S/C19H28O8/c1-4-6-12(5-2)27-19(26)13(9-15(20)21)11-7-10(3)16(18(24)25)14(8-11)17(22)23/h7,11-14,16H,4-6,8-9H2,1-3H3,(H,20,21)(H,22,23)(H,24,25). The van der Waals surface area contributed by atoms with Gasteiger partial charge in [0.2, 0.25) is 0 Å². The number of hydrogen-bond acceptors (Lipinski definition) is 5. The number of esters is 1. The summed E-state index contributed by atoms with van der Waals surface area (Å²) in [5, 5.41) is 28.0. The molecule has 0 amide bonds. The Bertz CT molecular complexity index is 609. The molecule has 0 aliphatic heterocycles. The summed E-state index contributed by atoms with van der Waals surface area (Å²) in [6.45, 7) is 5.31. The van der Waals surface area contributed by atoms with E-state index in [0.29, 0.717) is 18.4 Å². The lowest BCUT2D eigenvalue weighted by Crippen LogP contribution is -2.39. The Hall–Kier alpha value is -2.38. The van der Waals surface area contributed by atoms with Gasteiger partial charge in [-0.1, -0.05) is 31.9 Å². The van der Waals surface area contributed by atoms with Crippen LogP contribution < -0.4 is 0 Å². The van der Waals surface area contributed by atoms with Crippen LogP contribution in [0.1, 0.15) is 52.9 Å². The van der Waals surface area contributed by atoms with Gasteiger partial charge >= 0.3 is 23.9 Å². The zero-order chi connectivity index (χ0) is 20.7. The maximum Gasteiger partial charge on any atom is 0.311 e. The SMILES string of the molecule is CCCC(CC)OC(=O)C(CC(=O)O)C1C=C(C)C(C(=O)O)C(C(=O)O)C1. The van der Waals surface area contributed by atoms with Crippen molar-refractivity contribution in [1.29, 1.82) is 0 Å². The molecule has 152 valence electrons. The van der Waals surface area contributed by atoms with Crippen LogP contribution in [0.2, 0.25) is 0 Å². The molecule has 3 N–H and O–H groups in total. The van der Waals surface area contributed by atoms with Crippen LogP contribution in [0.25, 0.3) is 0 Å². The summed E-state index contributed by atoms with van der Waals surface area (Å²) in [5.41, 5.74) is 0.315. The van der Waals surface area contributed by atoms with Crippen LogP contribution in [-0.4, -0.2) is 45.3 Å². The Morgan fingerprint density at radius 2 is 1.78 bits per heavy atom. The van der Waals surface area contributed by atoms with Gasteiger partial charge in [0.15, 0.2) is 0 Å². The van der Waals surface area contributed by atoms with Gasteiger partial charge in [0.05, 0.1) is 24.2 Å². The van der Waals surface area contributed by atoms with Gasteiger partial charge in [0.25, 0.3) is 0 Å². The molecule has 8 heteroatoms. The van der Waals surface area contributed by atoms with Crippen molar-refractivity contribution in [1.82, 2.24) is 0 Å². The van der Waals surface area contributed by atoms with Crippen molar-refractivity contribution >= 4 is 23.9 Å². The normalized spacial score (nSPS) is 24.4. The first-order valence-corrected chi connectivity index (χ1v) is 9.18. The number of ether oxygens (including phenoxy) is 1. The van der Waals surface area contributed by atoms with E-state index < -0.39 is 54.0 Å². The van der Waals surface area contributed by atoms with Gasteiger partial charge in [-0.05, 0) is 32.1 Å². The summed E-state index contributed by atoms with van der Waals surface area (Å²) in [5.74, 6) is -8.57. The van der Waals surface area contributed by atoms with Crippen molar-refractivity contribution in [3.8, 4) is 0 Å². The number of allylic oxidation sites excluding steroid dienone is 1. The third-order valence-corrected chi connectivity index (χ3v) is 5.04. The molecule has 0 bridgehead atoms. The average Bonchev–Trinajstić information content (AvgIpc) is 2.57. The third-order valence-electron chi connectivity index (χ3n) is 5.04. The second-order valence-electron chi connectivity index (χ2n) is 7.03. The molecule has 0 spiro atoms. The third kappa shape index (κ3) is 6.08. The molecule has 5 unspecified atom stereocenters. The highest BCUT2D eigenvalue weighted by molar-refractivity contribution is 5.84. The molecule has 27 heavy (non-hydrogen) atoms. The molecule has 0 radical (unpaired) electrons. The Morgan fingerprint density at radius 1 is 1.15 bits per heavy atom. The molecular weight excluding hydrogens is 356 g/mol. The van der Waals surface area contributed by atoms with Crippen molar-refractivity contribution in [3.05, 3.63) is 11.6 Å². The van der Waals surface area contributed by atoms with Crippen LogP contribution in [0.3, 0.4) is 0 Å². The van der Waals surface area contributed by atoms with E-state index in [2.05, 4.69) is 0 Å². The number of rotatable bonds is 10.